The Balaban J connectivity index is 1.76. The van der Waals surface area contributed by atoms with Crippen LogP contribution in [-0.4, -0.2) is 15.9 Å². The molecule has 0 fully saturated rings. The highest BCUT2D eigenvalue weighted by Crippen LogP contribution is 2.31. The van der Waals surface area contributed by atoms with Crippen molar-refractivity contribution in [2.75, 3.05) is 0 Å². The molecule has 9 heteroatoms. The highest BCUT2D eigenvalue weighted by atomic mass is 19.4. The molecule has 4 nitrogen and oxygen atoms in total. The molecule has 0 saturated heterocycles. The lowest BCUT2D eigenvalue weighted by atomic mass is 9.97. The number of nitrogens with one attached hydrogen (secondary N) is 2. The van der Waals surface area contributed by atoms with Gasteiger partial charge in [-0.05, 0) is 35.4 Å². The predicted molar refractivity (Wildman–Crippen MR) is 103 cm³/mol. The van der Waals surface area contributed by atoms with Gasteiger partial charge < -0.3 is 10.3 Å². The first-order valence-corrected chi connectivity index (χ1v) is 9.11. The molecule has 0 aliphatic carbocycles. The minimum Gasteiger partial charge on any atom is -0.341 e. The Bertz CT molecular complexity index is 1230. The van der Waals surface area contributed by atoms with Crippen LogP contribution in [0.3, 0.4) is 0 Å². The van der Waals surface area contributed by atoms with Gasteiger partial charge in [-0.3, -0.25) is 4.79 Å². The minimum absolute atomic E-state index is 0.0920. The van der Waals surface area contributed by atoms with Crippen molar-refractivity contribution < 1.29 is 26.7 Å². The Morgan fingerprint density at radius 1 is 0.903 bits per heavy atom. The summed E-state index contributed by atoms with van der Waals surface area (Å²) in [7, 11) is 0. The van der Waals surface area contributed by atoms with Crippen LogP contribution in [0.15, 0.2) is 66.7 Å². The zero-order valence-electron chi connectivity index (χ0n) is 15.7. The first kappa shape index (κ1) is 20.5. The maximum Gasteiger partial charge on any atom is 0.449 e. The second kappa shape index (κ2) is 7.82. The number of amides is 1. The van der Waals surface area contributed by atoms with E-state index in [-0.39, 0.29) is 11.0 Å². The smallest absolute Gasteiger partial charge is 0.341 e. The molecule has 0 aliphatic heterocycles. The highest BCUT2D eigenvalue weighted by Gasteiger charge is 2.35. The zero-order chi connectivity index (χ0) is 22.2. The summed E-state index contributed by atoms with van der Waals surface area (Å²) in [5.74, 6) is -4.19. The fraction of sp³-hybridized carbons (Fsp3) is 0.0909. The van der Waals surface area contributed by atoms with Crippen LogP contribution in [0.1, 0.15) is 33.4 Å². The minimum atomic E-state index is -4.64. The van der Waals surface area contributed by atoms with E-state index >= 15 is 0 Å². The number of halogens is 5. The number of aromatic amines is 1. The van der Waals surface area contributed by atoms with E-state index in [1.54, 1.807) is 30.3 Å². The standard InChI is InChI=1S/C22H14F5N3O/c23-14-7-4-8-15(24)18(14)20(31)30-19(12-5-2-1-3-6-12)13-9-10-16-17(11-13)29-21(28-16)22(25,26)27/h1-11,19H,(H,28,29)(H,30,31). The summed E-state index contributed by atoms with van der Waals surface area (Å²) in [5.41, 5.74) is 0.431. The van der Waals surface area contributed by atoms with Gasteiger partial charge in [0.1, 0.15) is 17.2 Å². The predicted octanol–water partition coefficient (Wildman–Crippen LogP) is 5.38. The molecule has 31 heavy (non-hydrogen) atoms. The summed E-state index contributed by atoms with van der Waals surface area (Å²) < 4.78 is 67.0. The van der Waals surface area contributed by atoms with Gasteiger partial charge in [0.05, 0.1) is 17.1 Å². The van der Waals surface area contributed by atoms with Crippen molar-refractivity contribution in [3.05, 3.63) is 101 Å². The molecule has 158 valence electrons. The van der Waals surface area contributed by atoms with E-state index < -0.39 is 41.1 Å². The summed E-state index contributed by atoms with van der Waals surface area (Å²) >= 11 is 0. The molecule has 3 aromatic carbocycles. The number of carbonyl (C=O) groups excluding carboxylic acids is 1. The molecular weight excluding hydrogens is 417 g/mol. The Labute approximate surface area is 172 Å². The SMILES string of the molecule is O=C(NC(c1ccccc1)c1ccc2nc(C(F)(F)F)[nH]c2c1)c1c(F)cccc1F. The zero-order valence-corrected chi connectivity index (χ0v) is 15.7. The molecule has 1 aromatic heterocycles. The molecule has 0 saturated carbocycles. The van der Waals surface area contributed by atoms with Crippen molar-refractivity contribution in [1.82, 2.24) is 15.3 Å². The molecule has 1 atom stereocenters. The van der Waals surface area contributed by atoms with Gasteiger partial charge in [0.15, 0.2) is 0 Å². The van der Waals surface area contributed by atoms with Crippen LogP contribution in [0.25, 0.3) is 11.0 Å². The lowest BCUT2D eigenvalue weighted by Crippen LogP contribution is -2.30. The van der Waals surface area contributed by atoms with Crippen molar-refractivity contribution in [3.8, 4) is 0 Å². The summed E-state index contributed by atoms with van der Waals surface area (Å²) in [6.07, 6.45) is -4.64. The molecule has 1 heterocycles. The van der Waals surface area contributed by atoms with Crippen LogP contribution in [0.5, 0.6) is 0 Å². The highest BCUT2D eigenvalue weighted by molar-refractivity contribution is 5.95. The Hall–Kier alpha value is -3.75. The average molecular weight is 431 g/mol. The molecule has 1 amide bonds. The number of hydrogen-bond acceptors (Lipinski definition) is 2. The molecular formula is C22H14F5N3O. The van der Waals surface area contributed by atoms with Crippen molar-refractivity contribution in [1.29, 1.82) is 0 Å². The van der Waals surface area contributed by atoms with Crippen molar-refractivity contribution >= 4 is 16.9 Å². The number of benzene rings is 3. The number of alkyl halides is 3. The molecule has 0 spiro atoms. The van der Waals surface area contributed by atoms with Crippen molar-refractivity contribution in [2.24, 2.45) is 0 Å². The number of hydrogen-bond donors (Lipinski definition) is 2. The van der Waals surface area contributed by atoms with Crippen LogP contribution in [-0.2, 0) is 6.18 Å². The number of imidazole rings is 1. The maximum absolute atomic E-state index is 14.1. The van der Waals surface area contributed by atoms with Gasteiger partial charge in [-0.15, -0.1) is 0 Å². The number of H-pyrrole nitrogens is 1. The second-order valence-corrected chi connectivity index (χ2v) is 6.77. The lowest BCUT2D eigenvalue weighted by molar-refractivity contribution is -0.144. The van der Waals surface area contributed by atoms with E-state index in [2.05, 4.69) is 15.3 Å². The first-order chi connectivity index (χ1) is 14.7. The van der Waals surface area contributed by atoms with E-state index in [0.717, 1.165) is 18.2 Å². The Kier molecular flexibility index (Phi) is 5.18. The van der Waals surface area contributed by atoms with E-state index in [9.17, 15) is 26.7 Å². The third-order valence-electron chi connectivity index (χ3n) is 4.71. The van der Waals surface area contributed by atoms with Gasteiger partial charge in [0.2, 0.25) is 5.82 Å². The van der Waals surface area contributed by atoms with Crippen LogP contribution < -0.4 is 5.32 Å². The van der Waals surface area contributed by atoms with Crippen LogP contribution in [0.4, 0.5) is 22.0 Å². The Morgan fingerprint density at radius 2 is 1.58 bits per heavy atom. The lowest BCUT2D eigenvalue weighted by Gasteiger charge is -2.20. The number of rotatable bonds is 4. The average Bonchev–Trinajstić information content (AvgIpc) is 3.16. The number of fused-ring (bicyclic) bond motifs is 1. The monoisotopic (exact) mass is 431 g/mol. The van der Waals surface area contributed by atoms with E-state index in [1.165, 1.54) is 18.2 Å². The molecule has 4 rings (SSSR count). The second-order valence-electron chi connectivity index (χ2n) is 6.77. The fourth-order valence-corrected chi connectivity index (χ4v) is 3.26. The molecule has 0 radical (unpaired) electrons. The molecule has 4 aromatic rings. The topological polar surface area (TPSA) is 57.8 Å². The van der Waals surface area contributed by atoms with Gasteiger partial charge >= 0.3 is 6.18 Å². The quantitative estimate of drug-likeness (QED) is 0.427. The van der Waals surface area contributed by atoms with Gasteiger partial charge in [0, 0.05) is 0 Å². The summed E-state index contributed by atoms with van der Waals surface area (Å²) in [6.45, 7) is 0. The van der Waals surface area contributed by atoms with Crippen molar-refractivity contribution in [3.63, 3.8) is 0 Å². The van der Waals surface area contributed by atoms with Crippen LogP contribution in [0, 0.1) is 11.6 Å². The normalized spacial score (nSPS) is 12.7. The molecule has 2 N–H and O–H groups in total. The molecule has 0 aliphatic rings. The van der Waals surface area contributed by atoms with Gasteiger partial charge in [-0.25, -0.2) is 13.8 Å². The third-order valence-corrected chi connectivity index (χ3v) is 4.71. The van der Waals surface area contributed by atoms with Crippen LogP contribution >= 0.6 is 0 Å². The first-order valence-electron chi connectivity index (χ1n) is 9.11. The van der Waals surface area contributed by atoms with E-state index in [4.69, 9.17) is 0 Å². The van der Waals surface area contributed by atoms with Gasteiger partial charge in [-0.2, -0.15) is 13.2 Å². The third kappa shape index (κ3) is 4.11. The van der Waals surface area contributed by atoms with E-state index in [1.807, 2.05) is 0 Å². The largest absolute Gasteiger partial charge is 0.449 e. The molecule has 0 bridgehead atoms. The van der Waals surface area contributed by atoms with Gasteiger partial charge in [0.25, 0.3) is 5.91 Å². The summed E-state index contributed by atoms with van der Waals surface area (Å²) in [5, 5.41) is 2.57. The van der Waals surface area contributed by atoms with Crippen molar-refractivity contribution in [2.45, 2.75) is 12.2 Å². The Morgan fingerprint density at radius 3 is 2.23 bits per heavy atom. The number of aromatic nitrogens is 2. The van der Waals surface area contributed by atoms with Crippen LogP contribution in [0.2, 0.25) is 0 Å². The maximum atomic E-state index is 14.1. The summed E-state index contributed by atoms with van der Waals surface area (Å²) in [4.78, 5) is 18.4. The van der Waals surface area contributed by atoms with E-state index in [0.29, 0.717) is 11.1 Å². The van der Waals surface area contributed by atoms with Gasteiger partial charge in [-0.1, -0.05) is 42.5 Å². The summed E-state index contributed by atoms with van der Waals surface area (Å²) in [6, 6.07) is 15.0. The number of nitrogens with zero attached hydrogens (tertiary/aromatic N) is 1. The number of carbonyl (C=O) groups is 1. The molecule has 1 unspecified atom stereocenters. The fourth-order valence-electron chi connectivity index (χ4n) is 3.26.